The highest BCUT2D eigenvalue weighted by atomic mass is 35.5. The molecule has 5 N–H and O–H groups in total. The fourth-order valence-electron chi connectivity index (χ4n) is 0.806. The zero-order chi connectivity index (χ0) is 13.9. The van der Waals surface area contributed by atoms with Crippen molar-refractivity contribution in [1.82, 2.24) is 15.0 Å². The number of carboxylic acid groups (broad SMARTS) is 1. The maximum Gasteiger partial charge on any atom is 0.346 e. The molecule has 0 bridgehead atoms. The number of aliphatic hydroxyl groups is 2. The lowest BCUT2D eigenvalue weighted by molar-refractivity contribution is -0.164. The third-order valence-corrected chi connectivity index (χ3v) is 1.76. The summed E-state index contributed by atoms with van der Waals surface area (Å²) in [5.74, 6) is -3.62. The summed E-state index contributed by atoms with van der Waals surface area (Å²) in [6, 6.07) is -0.630. The number of carbonyl (C=O) groups excluding carboxylic acids is 1. The van der Waals surface area contributed by atoms with Crippen molar-refractivity contribution in [1.29, 1.82) is 0 Å². The van der Waals surface area contributed by atoms with Crippen LogP contribution in [0.1, 0.15) is 0 Å². The van der Waals surface area contributed by atoms with Crippen molar-refractivity contribution < 1.29 is 29.6 Å². The number of ether oxygens (including phenoxy) is 1. The summed E-state index contributed by atoms with van der Waals surface area (Å²) in [6.07, 6.45) is -4.65. The van der Waals surface area contributed by atoms with E-state index in [1.54, 1.807) is 0 Å². The molecule has 0 fully saturated rings. The van der Waals surface area contributed by atoms with Crippen molar-refractivity contribution in [2.75, 3.05) is 5.73 Å². The summed E-state index contributed by atoms with van der Waals surface area (Å²) < 4.78 is 4.37. The van der Waals surface area contributed by atoms with E-state index in [1.165, 1.54) is 0 Å². The average molecular weight is 279 g/mol. The second-order valence-electron chi connectivity index (χ2n) is 2.89. The van der Waals surface area contributed by atoms with Gasteiger partial charge in [0.05, 0.1) is 0 Å². The summed E-state index contributed by atoms with van der Waals surface area (Å²) >= 11 is 5.39. The number of aliphatic carboxylic acids is 1. The second-order valence-corrected chi connectivity index (χ2v) is 3.23. The highest BCUT2D eigenvalue weighted by molar-refractivity contribution is 6.28. The number of carboxylic acids is 1. The highest BCUT2D eigenvalue weighted by Gasteiger charge is 2.32. The molecule has 18 heavy (non-hydrogen) atoms. The van der Waals surface area contributed by atoms with E-state index < -0.39 is 30.2 Å². The Morgan fingerprint density at radius 3 is 2.33 bits per heavy atom. The third-order valence-electron chi connectivity index (χ3n) is 1.59. The number of anilines is 1. The van der Waals surface area contributed by atoms with Gasteiger partial charge < -0.3 is 25.8 Å². The standard InChI is InChI=1S/C7H7ClN4O6/c8-5-10-6(9)12-7(11-5)18-4(17)2(14)1(13)3(15)16/h1-2,13-14H,(H,15,16)(H2,9,10,11,12). The van der Waals surface area contributed by atoms with Crippen molar-refractivity contribution in [2.24, 2.45) is 0 Å². The van der Waals surface area contributed by atoms with Crippen LogP contribution in [-0.2, 0) is 9.59 Å². The number of aliphatic hydroxyl groups excluding tert-OH is 2. The van der Waals surface area contributed by atoms with E-state index in [0.29, 0.717) is 0 Å². The van der Waals surface area contributed by atoms with Crippen LogP contribution in [0, 0.1) is 0 Å². The van der Waals surface area contributed by atoms with Gasteiger partial charge in [0.15, 0.2) is 12.2 Å². The number of nitrogens with two attached hydrogens (primary N) is 1. The Balaban J connectivity index is 2.78. The van der Waals surface area contributed by atoms with Crippen LogP contribution >= 0.6 is 11.6 Å². The zero-order valence-corrected chi connectivity index (χ0v) is 9.27. The number of halogens is 1. The minimum atomic E-state index is -2.34. The van der Waals surface area contributed by atoms with Gasteiger partial charge in [0, 0.05) is 0 Å². The van der Waals surface area contributed by atoms with Crippen LogP contribution in [0.25, 0.3) is 0 Å². The first-order valence-electron chi connectivity index (χ1n) is 4.29. The van der Waals surface area contributed by atoms with E-state index in [1.807, 2.05) is 0 Å². The molecule has 1 aromatic rings. The highest BCUT2D eigenvalue weighted by Crippen LogP contribution is 2.10. The third kappa shape index (κ3) is 3.48. The molecular weight excluding hydrogens is 272 g/mol. The van der Waals surface area contributed by atoms with Crippen LogP contribution < -0.4 is 10.5 Å². The van der Waals surface area contributed by atoms with Gasteiger partial charge in [-0.25, -0.2) is 9.59 Å². The number of esters is 1. The summed E-state index contributed by atoms with van der Waals surface area (Å²) in [7, 11) is 0. The number of rotatable bonds is 4. The zero-order valence-electron chi connectivity index (χ0n) is 8.52. The minimum absolute atomic E-state index is 0.342. The number of carbonyl (C=O) groups is 2. The fourth-order valence-corrected chi connectivity index (χ4v) is 0.965. The molecule has 0 aliphatic heterocycles. The maximum atomic E-state index is 11.2. The second kappa shape index (κ2) is 5.53. The van der Waals surface area contributed by atoms with Gasteiger partial charge in [-0.05, 0) is 11.6 Å². The predicted molar refractivity (Wildman–Crippen MR) is 54.5 cm³/mol. The van der Waals surface area contributed by atoms with E-state index >= 15 is 0 Å². The molecule has 0 amide bonds. The first kappa shape index (κ1) is 14.0. The van der Waals surface area contributed by atoms with E-state index in [4.69, 9.17) is 32.7 Å². The molecule has 0 saturated heterocycles. The SMILES string of the molecule is Nc1nc(Cl)nc(OC(=O)C(O)C(O)C(=O)O)n1. The van der Waals surface area contributed by atoms with Gasteiger partial charge in [-0.15, -0.1) is 0 Å². The van der Waals surface area contributed by atoms with Crippen molar-refractivity contribution in [3.05, 3.63) is 5.28 Å². The van der Waals surface area contributed by atoms with Gasteiger partial charge in [-0.2, -0.15) is 15.0 Å². The monoisotopic (exact) mass is 278 g/mol. The summed E-state index contributed by atoms with van der Waals surface area (Å²) in [6.45, 7) is 0. The molecule has 0 aliphatic carbocycles. The molecule has 0 spiro atoms. The number of nitrogens with zero attached hydrogens (tertiary/aromatic N) is 3. The van der Waals surface area contributed by atoms with E-state index in [-0.39, 0.29) is 11.2 Å². The first-order chi connectivity index (χ1) is 8.31. The maximum absolute atomic E-state index is 11.2. The van der Waals surface area contributed by atoms with Gasteiger partial charge in [-0.3, -0.25) is 0 Å². The first-order valence-corrected chi connectivity index (χ1v) is 4.66. The normalized spacial score (nSPS) is 13.7. The van der Waals surface area contributed by atoms with Crippen LogP contribution in [0.4, 0.5) is 5.95 Å². The lowest BCUT2D eigenvalue weighted by Crippen LogP contribution is -2.42. The van der Waals surface area contributed by atoms with E-state index in [2.05, 4.69) is 19.7 Å². The molecule has 98 valence electrons. The molecule has 0 aliphatic rings. The van der Waals surface area contributed by atoms with Crippen LogP contribution in [-0.4, -0.2) is 54.4 Å². The molecule has 1 aromatic heterocycles. The van der Waals surface area contributed by atoms with Gasteiger partial charge in [0.2, 0.25) is 11.2 Å². The topological polar surface area (TPSA) is 169 Å². The van der Waals surface area contributed by atoms with Crippen molar-refractivity contribution in [3.63, 3.8) is 0 Å². The van der Waals surface area contributed by atoms with Crippen molar-refractivity contribution in [3.8, 4) is 6.01 Å². The molecule has 0 radical (unpaired) electrons. The summed E-state index contributed by atoms with van der Waals surface area (Å²) in [4.78, 5) is 31.6. The number of hydrogen-bond donors (Lipinski definition) is 4. The van der Waals surface area contributed by atoms with Crippen LogP contribution in [0.15, 0.2) is 0 Å². The van der Waals surface area contributed by atoms with Crippen LogP contribution in [0.2, 0.25) is 5.28 Å². The van der Waals surface area contributed by atoms with Crippen molar-refractivity contribution >= 4 is 29.5 Å². The Bertz CT molecular complexity index is 463. The van der Waals surface area contributed by atoms with Crippen molar-refractivity contribution in [2.45, 2.75) is 12.2 Å². The largest absolute Gasteiger partial charge is 0.479 e. The van der Waals surface area contributed by atoms with Gasteiger partial charge in [0.1, 0.15) is 0 Å². The Hall–Kier alpha value is -2.04. The van der Waals surface area contributed by atoms with Crippen LogP contribution in [0.3, 0.4) is 0 Å². The molecule has 0 aromatic carbocycles. The number of nitrogen functional groups attached to an aromatic ring is 1. The number of aromatic nitrogens is 3. The molecule has 10 nitrogen and oxygen atoms in total. The Morgan fingerprint density at radius 2 is 1.83 bits per heavy atom. The Kier molecular flexibility index (Phi) is 4.31. The lowest BCUT2D eigenvalue weighted by Gasteiger charge is -2.11. The van der Waals surface area contributed by atoms with E-state index in [9.17, 15) is 9.59 Å². The molecule has 1 heterocycles. The fraction of sp³-hybridized carbons (Fsp3) is 0.286. The minimum Gasteiger partial charge on any atom is -0.479 e. The molecule has 2 atom stereocenters. The molecular formula is C7H7ClN4O6. The van der Waals surface area contributed by atoms with E-state index in [0.717, 1.165) is 0 Å². The molecule has 1 rings (SSSR count). The molecule has 11 heteroatoms. The smallest absolute Gasteiger partial charge is 0.346 e. The quantitative estimate of drug-likeness (QED) is 0.444. The summed E-state index contributed by atoms with van der Waals surface area (Å²) in [5.41, 5.74) is 5.18. The molecule has 0 saturated carbocycles. The van der Waals surface area contributed by atoms with Gasteiger partial charge >= 0.3 is 17.9 Å². The van der Waals surface area contributed by atoms with Crippen LogP contribution in [0.5, 0.6) is 6.01 Å². The Morgan fingerprint density at radius 1 is 1.22 bits per heavy atom. The predicted octanol–water partition coefficient (Wildman–Crippen LogP) is -2.18. The van der Waals surface area contributed by atoms with Gasteiger partial charge in [0.25, 0.3) is 0 Å². The summed E-state index contributed by atoms with van der Waals surface area (Å²) in [5, 5.41) is 26.0. The lowest BCUT2D eigenvalue weighted by atomic mass is 10.2. The average Bonchev–Trinajstić information content (AvgIpc) is 2.25. The Labute approximate surface area is 104 Å². The molecule has 2 unspecified atom stereocenters. The number of hydrogen-bond acceptors (Lipinski definition) is 9. The van der Waals surface area contributed by atoms with Gasteiger partial charge in [-0.1, -0.05) is 0 Å².